The fourth-order valence-electron chi connectivity index (χ4n) is 3.12. The first-order chi connectivity index (χ1) is 13.0. The second-order valence-electron chi connectivity index (χ2n) is 8.41. The highest BCUT2D eigenvalue weighted by Crippen LogP contribution is 2.53. The summed E-state index contributed by atoms with van der Waals surface area (Å²) in [6.45, 7) is 6.53. The van der Waals surface area contributed by atoms with Crippen molar-refractivity contribution >= 4 is 11.9 Å². The Labute approximate surface area is 166 Å². The van der Waals surface area contributed by atoms with Crippen molar-refractivity contribution in [2.24, 2.45) is 17.3 Å². The Kier molecular flexibility index (Phi) is 7.68. The van der Waals surface area contributed by atoms with E-state index in [9.17, 15) is 35.9 Å². The molecule has 10 heteroatoms. The fourth-order valence-corrected chi connectivity index (χ4v) is 3.12. The van der Waals surface area contributed by atoms with E-state index in [0.29, 0.717) is 12.8 Å². The first-order valence-electron chi connectivity index (χ1n) is 9.58. The van der Waals surface area contributed by atoms with Crippen LogP contribution in [0.5, 0.6) is 0 Å². The minimum absolute atomic E-state index is 0.00234. The molecule has 0 aromatic rings. The number of halogens is 6. The van der Waals surface area contributed by atoms with Crippen molar-refractivity contribution in [1.29, 1.82) is 0 Å². The van der Waals surface area contributed by atoms with Crippen molar-refractivity contribution in [2.45, 2.75) is 90.8 Å². The van der Waals surface area contributed by atoms with E-state index in [1.807, 2.05) is 0 Å². The number of rotatable bonds is 7. The number of alkyl halides is 6. The van der Waals surface area contributed by atoms with Gasteiger partial charge in [-0.05, 0) is 33.1 Å². The summed E-state index contributed by atoms with van der Waals surface area (Å²) in [5.41, 5.74) is -6.24. The molecule has 1 unspecified atom stereocenters. The summed E-state index contributed by atoms with van der Waals surface area (Å²) in [4.78, 5) is 24.4. The summed E-state index contributed by atoms with van der Waals surface area (Å²) in [6.07, 6.45) is -13.9. The summed E-state index contributed by atoms with van der Waals surface area (Å²) in [6, 6.07) is 0. The van der Waals surface area contributed by atoms with Crippen LogP contribution in [0, 0.1) is 17.3 Å². The van der Waals surface area contributed by atoms with Crippen molar-refractivity contribution in [3.63, 3.8) is 0 Å². The van der Waals surface area contributed by atoms with E-state index in [2.05, 4.69) is 4.74 Å². The Balaban J connectivity index is 3.65. The number of hydrogen-bond acceptors (Lipinski definition) is 4. The normalized spacial score (nSPS) is 18.1. The van der Waals surface area contributed by atoms with Gasteiger partial charge in [0.1, 0.15) is 0 Å². The number of carbonyl (C=O) groups excluding carboxylic acids is 2. The van der Waals surface area contributed by atoms with Gasteiger partial charge in [-0.25, -0.2) is 0 Å². The molecular formula is C19H28F6O4. The van der Waals surface area contributed by atoms with E-state index in [1.165, 1.54) is 13.8 Å². The van der Waals surface area contributed by atoms with Crippen LogP contribution in [0.4, 0.5) is 26.3 Å². The SMILES string of the molecule is CCC(C)(C)C(=O)OC(C1CCCC1)C(OC(=O)C(C)C)(C(F)(F)F)C(F)(F)F. The maximum Gasteiger partial charge on any atom is 0.441 e. The van der Waals surface area contributed by atoms with E-state index in [1.54, 1.807) is 6.92 Å². The molecule has 0 aromatic heterocycles. The van der Waals surface area contributed by atoms with Gasteiger partial charge < -0.3 is 9.47 Å². The van der Waals surface area contributed by atoms with Gasteiger partial charge in [-0.3, -0.25) is 9.59 Å². The van der Waals surface area contributed by atoms with Crippen LogP contribution >= 0.6 is 0 Å². The number of ether oxygens (including phenoxy) is 2. The molecule has 29 heavy (non-hydrogen) atoms. The quantitative estimate of drug-likeness (QED) is 0.387. The molecule has 1 aliphatic rings. The molecule has 0 radical (unpaired) electrons. The lowest BCUT2D eigenvalue weighted by Crippen LogP contribution is -2.69. The topological polar surface area (TPSA) is 52.6 Å². The summed E-state index contributed by atoms with van der Waals surface area (Å²) >= 11 is 0. The Bertz CT molecular complexity index is 574. The van der Waals surface area contributed by atoms with Gasteiger partial charge in [0, 0.05) is 5.92 Å². The van der Waals surface area contributed by atoms with Gasteiger partial charge >= 0.3 is 29.9 Å². The first kappa shape index (κ1) is 25.6. The maximum absolute atomic E-state index is 14.0. The van der Waals surface area contributed by atoms with Gasteiger partial charge in [0.15, 0.2) is 6.10 Å². The van der Waals surface area contributed by atoms with Crippen molar-refractivity contribution in [2.75, 3.05) is 0 Å². The predicted octanol–water partition coefficient (Wildman–Crippen LogP) is 5.59. The minimum atomic E-state index is -6.04. The zero-order valence-electron chi connectivity index (χ0n) is 17.2. The van der Waals surface area contributed by atoms with Crippen LogP contribution in [-0.2, 0) is 19.1 Å². The number of carbonyl (C=O) groups is 2. The van der Waals surface area contributed by atoms with Crippen LogP contribution in [0.3, 0.4) is 0 Å². The van der Waals surface area contributed by atoms with E-state index in [-0.39, 0.29) is 19.3 Å². The monoisotopic (exact) mass is 434 g/mol. The third-order valence-corrected chi connectivity index (χ3v) is 5.47. The van der Waals surface area contributed by atoms with Gasteiger partial charge in [0.2, 0.25) is 0 Å². The molecule has 1 atom stereocenters. The van der Waals surface area contributed by atoms with E-state index in [4.69, 9.17) is 4.74 Å². The molecule has 0 amide bonds. The van der Waals surface area contributed by atoms with Crippen LogP contribution < -0.4 is 0 Å². The average molecular weight is 434 g/mol. The average Bonchev–Trinajstić information content (AvgIpc) is 3.09. The standard InChI is InChI=1S/C19H28F6O4/c1-6-16(4,5)15(27)28-13(12-9-7-8-10-12)17(18(20,21)22,19(23,24)25)29-14(26)11(2)3/h11-13H,6-10H2,1-5H3. The highest BCUT2D eigenvalue weighted by atomic mass is 19.4. The summed E-state index contributed by atoms with van der Waals surface area (Å²) < 4.78 is 93.3. The zero-order valence-corrected chi connectivity index (χ0v) is 17.2. The molecule has 0 bridgehead atoms. The molecule has 0 aromatic carbocycles. The van der Waals surface area contributed by atoms with Gasteiger partial charge in [-0.2, -0.15) is 26.3 Å². The Morgan fingerprint density at radius 2 is 1.41 bits per heavy atom. The van der Waals surface area contributed by atoms with Crippen molar-refractivity contribution in [3.05, 3.63) is 0 Å². The van der Waals surface area contributed by atoms with Crippen molar-refractivity contribution in [1.82, 2.24) is 0 Å². The molecule has 0 spiro atoms. The van der Waals surface area contributed by atoms with Crippen LogP contribution in [0.1, 0.15) is 66.7 Å². The number of esters is 2. The Morgan fingerprint density at radius 3 is 1.76 bits per heavy atom. The smallest absolute Gasteiger partial charge is 0.441 e. The molecule has 170 valence electrons. The highest BCUT2D eigenvalue weighted by Gasteiger charge is 2.80. The minimum Gasteiger partial charge on any atom is -0.457 e. The van der Waals surface area contributed by atoms with Gasteiger partial charge in [-0.15, -0.1) is 0 Å². The third kappa shape index (κ3) is 5.17. The molecule has 0 aliphatic heterocycles. The Morgan fingerprint density at radius 1 is 0.966 bits per heavy atom. The maximum atomic E-state index is 14.0. The van der Waals surface area contributed by atoms with Gasteiger partial charge in [0.05, 0.1) is 11.3 Å². The summed E-state index contributed by atoms with van der Waals surface area (Å²) in [5.74, 6) is -5.36. The molecular weight excluding hydrogens is 406 g/mol. The van der Waals surface area contributed by atoms with E-state index < -0.39 is 53.2 Å². The second kappa shape index (κ2) is 8.71. The Hall–Kier alpha value is -1.48. The third-order valence-electron chi connectivity index (χ3n) is 5.47. The largest absolute Gasteiger partial charge is 0.457 e. The summed E-state index contributed by atoms with van der Waals surface area (Å²) in [5, 5.41) is 0. The van der Waals surface area contributed by atoms with E-state index in [0.717, 1.165) is 13.8 Å². The lowest BCUT2D eigenvalue weighted by atomic mass is 9.83. The lowest BCUT2D eigenvalue weighted by molar-refractivity contribution is -0.397. The van der Waals surface area contributed by atoms with Gasteiger partial charge in [-0.1, -0.05) is 33.6 Å². The first-order valence-corrected chi connectivity index (χ1v) is 9.58. The zero-order chi connectivity index (χ0) is 22.8. The van der Waals surface area contributed by atoms with Crippen LogP contribution in [-0.4, -0.2) is 36.0 Å². The highest BCUT2D eigenvalue weighted by molar-refractivity contribution is 5.76. The molecule has 1 aliphatic carbocycles. The van der Waals surface area contributed by atoms with Crippen molar-refractivity contribution in [3.8, 4) is 0 Å². The van der Waals surface area contributed by atoms with Gasteiger partial charge in [0.25, 0.3) is 0 Å². The lowest BCUT2D eigenvalue weighted by Gasteiger charge is -2.44. The fraction of sp³-hybridized carbons (Fsp3) is 0.895. The van der Waals surface area contributed by atoms with Crippen LogP contribution in [0.2, 0.25) is 0 Å². The van der Waals surface area contributed by atoms with Crippen LogP contribution in [0.25, 0.3) is 0 Å². The predicted molar refractivity (Wildman–Crippen MR) is 91.7 cm³/mol. The van der Waals surface area contributed by atoms with E-state index >= 15 is 0 Å². The molecule has 1 fully saturated rings. The molecule has 0 heterocycles. The second-order valence-corrected chi connectivity index (χ2v) is 8.41. The number of hydrogen-bond donors (Lipinski definition) is 0. The summed E-state index contributed by atoms with van der Waals surface area (Å²) in [7, 11) is 0. The molecule has 0 N–H and O–H groups in total. The van der Waals surface area contributed by atoms with Crippen molar-refractivity contribution < 1.29 is 45.4 Å². The molecule has 1 rings (SSSR count). The molecule has 4 nitrogen and oxygen atoms in total. The molecule has 0 saturated heterocycles. The molecule has 1 saturated carbocycles. The van der Waals surface area contributed by atoms with Crippen LogP contribution in [0.15, 0.2) is 0 Å².